The normalized spacial score (nSPS) is 11.5. The lowest BCUT2D eigenvalue weighted by Crippen LogP contribution is -2.51. The second-order valence-electron chi connectivity index (χ2n) is 7.10. The molecule has 0 aliphatic heterocycles. The minimum Gasteiger partial charge on any atom is -0.350 e. The molecule has 164 valence electrons. The first-order valence-electron chi connectivity index (χ1n) is 9.52. The Morgan fingerprint density at radius 3 is 2.32 bits per heavy atom. The molecule has 2 aromatic carbocycles. The summed E-state index contributed by atoms with van der Waals surface area (Å²) in [5.74, 6) is -1.84. The van der Waals surface area contributed by atoms with Gasteiger partial charge in [0.05, 0.1) is 22.1 Å². The molecule has 0 aliphatic rings. The molecular weight excluding hydrogens is 424 g/mol. The van der Waals surface area contributed by atoms with Crippen molar-refractivity contribution in [3.05, 3.63) is 74.8 Å². The van der Waals surface area contributed by atoms with Crippen LogP contribution in [0.5, 0.6) is 0 Å². The lowest BCUT2D eigenvalue weighted by Gasteiger charge is -2.22. The Hall–Kier alpha value is -3.46. The van der Waals surface area contributed by atoms with Gasteiger partial charge in [-0.1, -0.05) is 55.8 Å². The highest BCUT2D eigenvalue weighted by atomic mass is 35.5. The summed E-state index contributed by atoms with van der Waals surface area (Å²) in [6.07, 6.45) is 0. The number of benzene rings is 2. The zero-order valence-electron chi connectivity index (χ0n) is 17.1. The molecule has 0 saturated carbocycles. The standard InChI is InChI=1S/C21H23ClN4O5/c1-13(2)19(25-20(28)16-9-8-15(26(30)31)10-17(16)22)21(29)24-12-18(27)23-11-14-6-4-3-5-7-14/h3-10,13,19H,11-12H2,1-2H3,(H,23,27)(H,24,29)(H,25,28). The molecule has 9 nitrogen and oxygen atoms in total. The Labute approximate surface area is 184 Å². The van der Waals surface area contributed by atoms with Crippen LogP contribution in [0.4, 0.5) is 5.69 Å². The van der Waals surface area contributed by atoms with Crippen molar-refractivity contribution >= 4 is 35.0 Å². The maximum Gasteiger partial charge on any atom is 0.270 e. The molecule has 2 rings (SSSR count). The van der Waals surface area contributed by atoms with Gasteiger partial charge < -0.3 is 16.0 Å². The number of nitrogens with one attached hydrogen (secondary N) is 3. The van der Waals surface area contributed by atoms with Crippen molar-refractivity contribution in [1.29, 1.82) is 0 Å². The molecule has 0 spiro atoms. The van der Waals surface area contributed by atoms with Gasteiger partial charge >= 0.3 is 0 Å². The summed E-state index contributed by atoms with van der Waals surface area (Å²) >= 11 is 5.98. The van der Waals surface area contributed by atoms with Gasteiger partial charge in [0, 0.05) is 18.7 Å². The van der Waals surface area contributed by atoms with Crippen LogP contribution >= 0.6 is 11.6 Å². The van der Waals surface area contributed by atoms with E-state index >= 15 is 0 Å². The summed E-state index contributed by atoms with van der Waals surface area (Å²) in [6.45, 7) is 3.55. The number of halogens is 1. The first kappa shape index (κ1) is 23.8. The number of nitro groups is 1. The van der Waals surface area contributed by atoms with Crippen molar-refractivity contribution in [2.75, 3.05) is 6.54 Å². The fourth-order valence-electron chi connectivity index (χ4n) is 2.69. The molecule has 0 heterocycles. The number of hydrogen-bond donors (Lipinski definition) is 3. The molecule has 1 atom stereocenters. The van der Waals surface area contributed by atoms with E-state index in [0.717, 1.165) is 17.7 Å². The van der Waals surface area contributed by atoms with Crippen LogP contribution in [0.25, 0.3) is 0 Å². The largest absolute Gasteiger partial charge is 0.350 e. The number of carbonyl (C=O) groups is 3. The molecule has 2 aromatic rings. The highest BCUT2D eigenvalue weighted by Gasteiger charge is 2.26. The molecule has 0 aromatic heterocycles. The topological polar surface area (TPSA) is 130 Å². The van der Waals surface area contributed by atoms with Crippen molar-refractivity contribution in [3.8, 4) is 0 Å². The Morgan fingerprint density at radius 1 is 1.06 bits per heavy atom. The summed E-state index contributed by atoms with van der Waals surface area (Å²) in [5.41, 5.74) is 0.682. The molecular formula is C21H23ClN4O5. The first-order chi connectivity index (χ1) is 14.7. The number of hydrogen-bond acceptors (Lipinski definition) is 5. The number of nitrogens with zero attached hydrogens (tertiary/aromatic N) is 1. The van der Waals surface area contributed by atoms with Gasteiger partial charge in [0.2, 0.25) is 11.8 Å². The molecule has 0 bridgehead atoms. The minimum atomic E-state index is -0.930. The summed E-state index contributed by atoms with van der Waals surface area (Å²) in [6, 6.07) is 11.8. The predicted octanol–water partition coefficient (Wildman–Crippen LogP) is 2.44. The van der Waals surface area contributed by atoms with E-state index in [1.807, 2.05) is 30.3 Å². The van der Waals surface area contributed by atoms with E-state index in [1.165, 1.54) is 6.07 Å². The van der Waals surface area contributed by atoms with E-state index in [1.54, 1.807) is 13.8 Å². The molecule has 0 fully saturated rings. The zero-order chi connectivity index (χ0) is 23.0. The summed E-state index contributed by atoms with van der Waals surface area (Å²) in [7, 11) is 0. The molecule has 10 heteroatoms. The molecule has 0 radical (unpaired) electrons. The van der Waals surface area contributed by atoms with Crippen molar-refractivity contribution in [2.24, 2.45) is 5.92 Å². The summed E-state index contributed by atoms with van der Waals surface area (Å²) < 4.78 is 0. The van der Waals surface area contributed by atoms with Gasteiger partial charge in [0.25, 0.3) is 11.6 Å². The lowest BCUT2D eigenvalue weighted by molar-refractivity contribution is -0.384. The monoisotopic (exact) mass is 446 g/mol. The molecule has 31 heavy (non-hydrogen) atoms. The zero-order valence-corrected chi connectivity index (χ0v) is 17.8. The summed E-state index contributed by atoms with van der Waals surface area (Å²) in [5, 5.41) is 18.5. The molecule has 1 unspecified atom stereocenters. The molecule has 0 saturated heterocycles. The fourth-order valence-corrected chi connectivity index (χ4v) is 2.95. The third-order valence-electron chi connectivity index (χ3n) is 4.40. The van der Waals surface area contributed by atoms with Crippen LogP contribution in [-0.2, 0) is 16.1 Å². The smallest absolute Gasteiger partial charge is 0.270 e. The SMILES string of the molecule is CC(C)C(NC(=O)c1ccc([N+](=O)[O-])cc1Cl)C(=O)NCC(=O)NCc1ccccc1. The Bertz CT molecular complexity index is 965. The van der Waals surface area contributed by atoms with Crippen LogP contribution in [0.3, 0.4) is 0 Å². The number of nitro benzene ring substituents is 1. The van der Waals surface area contributed by atoms with E-state index in [9.17, 15) is 24.5 Å². The number of non-ortho nitro benzene ring substituents is 1. The Kier molecular flexibility index (Phi) is 8.51. The van der Waals surface area contributed by atoms with Crippen LogP contribution < -0.4 is 16.0 Å². The van der Waals surface area contributed by atoms with Gasteiger partial charge in [-0.2, -0.15) is 0 Å². The average Bonchev–Trinajstić information content (AvgIpc) is 2.74. The Morgan fingerprint density at radius 2 is 1.74 bits per heavy atom. The highest BCUT2D eigenvalue weighted by molar-refractivity contribution is 6.34. The third kappa shape index (κ3) is 7.07. The van der Waals surface area contributed by atoms with Gasteiger partial charge in [-0.3, -0.25) is 24.5 Å². The van der Waals surface area contributed by atoms with Crippen molar-refractivity contribution in [1.82, 2.24) is 16.0 Å². The second kappa shape index (κ2) is 11.1. The van der Waals surface area contributed by atoms with Crippen molar-refractivity contribution in [2.45, 2.75) is 26.4 Å². The van der Waals surface area contributed by atoms with E-state index in [2.05, 4.69) is 16.0 Å². The lowest BCUT2D eigenvalue weighted by atomic mass is 10.0. The number of amides is 3. The maximum atomic E-state index is 12.5. The number of rotatable bonds is 9. The van der Waals surface area contributed by atoms with Gasteiger partial charge in [0.1, 0.15) is 6.04 Å². The average molecular weight is 447 g/mol. The fraction of sp³-hybridized carbons (Fsp3) is 0.286. The van der Waals surface area contributed by atoms with E-state index in [0.29, 0.717) is 6.54 Å². The third-order valence-corrected chi connectivity index (χ3v) is 4.71. The van der Waals surface area contributed by atoms with Crippen molar-refractivity contribution in [3.63, 3.8) is 0 Å². The van der Waals surface area contributed by atoms with Crippen molar-refractivity contribution < 1.29 is 19.3 Å². The summed E-state index contributed by atoms with van der Waals surface area (Å²) in [4.78, 5) is 47.3. The van der Waals surface area contributed by atoms with Crippen LogP contribution in [0, 0.1) is 16.0 Å². The van der Waals surface area contributed by atoms with Gasteiger partial charge in [0.15, 0.2) is 0 Å². The number of carbonyl (C=O) groups excluding carboxylic acids is 3. The minimum absolute atomic E-state index is 0.00585. The van der Waals surface area contributed by atoms with E-state index in [-0.39, 0.29) is 34.6 Å². The van der Waals surface area contributed by atoms with Crippen LogP contribution in [0.2, 0.25) is 5.02 Å². The van der Waals surface area contributed by atoms with Crippen LogP contribution in [0.1, 0.15) is 29.8 Å². The quantitative estimate of drug-likeness (QED) is 0.402. The van der Waals surface area contributed by atoms with E-state index < -0.39 is 22.8 Å². The van der Waals surface area contributed by atoms with E-state index in [4.69, 9.17) is 11.6 Å². The Balaban J connectivity index is 1.93. The van der Waals surface area contributed by atoms with Gasteiger partial charge in [-0.15, -0.1) is 0 Å². The molecule has 0 aliphatic carbocycles. The van der Waals surface area contributed by atoms with Gasteiger partial charge in [-0.25, -0.2) is 0 Å². The predicted molar refractivity (Wildman–Crippen MR) is 115 cm³/mol. The maximum absolute atomic E-state index is 12.5. The van der Waals surface area contributed by atoms with Crippen LogP contribution in [-0.4, -0.2) is 35.2 Å². The highest BCUT2D eigenvalue weighted by Crippen LogP contribution is 2.22. The molecule has 3 N–H and O–H groups in total. The van der Waals surface area contributed by atoms with Gasteiger partial charge in [-0.05, 0) is 17.5 Å². The van der Waals surface area contributed by atoms with Crippen LogP contribution in [0.15, 0.2) is 48.5 Å². The molecule has 3 amide bonds. The first-order valence-corrected chi connectivity index (χ1v) is 9.90. The second-order valence-corrected chi connectivity index (χ2v) is 7.50.